The molecule has 13 nitrogen and oxygen atoms in total. The Labute approximate surface area is 331 Å². The molecule has 1 unspecified atom stereocenters. The number of para-hydroxylation sites is 1. The number of carbonyl (C=O) groups is 4. The van der Waals surface area contributed by atoms with E-state index in [4.69, 9.17) is 4.74 Å². The highest BCUT2D eigenvalue weighted by molar-refractivity contribution is 5.92. The number of aliphatic hydroxyl groups excluding tert-OH is 1. The Morgan fingerprint density at radius 1 is 1.04 bits per heavy atom. The summed E-state index contributed by atoms with van der Waals surface area (Å²) < 4.78 is 6.01. The average Bonchev–Trinajstić information content (AvgIpc) is 3.91. The van der Waals surface area contributed by atoms with Crippen LogP contribution in [0.2, 0.25) is 0 Å². The smallest absolute Gasteiger partial charge is 0.407 e. The van der Waals surface area contributed by atoms with Crippen LogP contribution < -0.4 is 20.7 Å². The Kier molecular flexibility index (Phi) is 16.0. The zero-order chi connectivity index (χ0) is 39.9. The van der Waals surface area contributed by atoms with E-state index in [1.165, 1.54) is 12.7 Å². The highest BCUT2D eigenvalue weighted by atomic mass is 16.5. The molecule has 1 aliphatic heterocycles. The largest absolute Gasteiger partial charge is 0.494 e. The molecule has 6 N–H and O–H groups in total. The molecule has 306 valence electrons. The van der Waals surface area contributed by atoms with Crippen molar-refractivity contribution in [2.45, 2.75) is 122 Å². The molecular formula is C43H62N6O7. The lowest BCUT2D eigenvalue weighted by Crippen LogP contribution is -2.56. The molecule has 1 saturated heterocycles. The molecule has 1 aromatic heterocycles. The number of ether oxygens (including phenoxy) is 1. The lowest BCUT2D eigenvalue weighted by atomic mass is 9.77. The van der Waals surface area contributed by atoms with Gasteiger partial charge in [0, 0.05) is 25.7 Å². The van der Waals surface area contributed by atoms with E-state index in [1.54, 1.807) is 18.3 Å². The summed E-state index contributed by atoms with van der Waals surface area (Å²) in [5, 5.41) is 30.5. The first-order chi connectivity index (χ1) is 27.0. The van der Waals surface area contributed by atoms with Crippen LogP contribution in [0.5, 0.6) is 5.75 Å². The van der Waals surface area contributed by atoms with Gasteiger partial charge in [-0.15, -0.1) is 0 Å². The molecule has 2 aliphatic carbocycles. The number of rotatable bonds is 20. The minimum atomic E-state index is -1.12. The summed E-state index contributed by atoms with van der Waals surface area (Å²) in [5.74, 6) is 0.512. The van der Waals surface area contributed by atoms with Gasteiger partial charge in [-0.3, -0.25) is 19.3 Å². The molecule has 2 aromatic rings. The summed E-state index contributed by atoms with van der Waals surface area (Å²) in [6.07, 6.45) is 17.9. The zero-order valence-corrected chi connectivity index (χ0v) is 33.0. The topological polar surface area (TPSA) is 186 Å². The molecule has 0 spiro atoms. The molecule has 13 heteroatoms. The Morgan fingerprint density at radius 2 is 1.82 bits per heavy atom. The molecule has 2 fully saturated rings. The number of aromatic amines is 1. The summed E-state index contributed by atoms with van der Waals surface area (Å²) in [5.41, 5.74) is -0.449. The molecule has 6 atom stereocenters. The Hall–Kier alpha value is -4.65. The number of nitrogens with zero attached hydrogens (tertiary/aromatic N) is 2. The van der Waals surface area contributed by atoms with Crippen LogP contribution in [-0.2, 0) is 20.8 Å². The van der Waals surface area contributed by atoms with Gasteiger partial charge in [-0.2, -0.15) is 0 Å². The third-order valence-electron chi connectivity index (χ3n) is 11.9. The number of amides is 4. The van der Waals surface area contributed by atoms with Gasteiger partial charge in [0.15, 0.2) is 0 Å². The highest BCUT2D eigenvalue weighted by Crippen LogP contribution is 2.33. The Bertz CT molecular complexity index is 1610. The van der Waals surface area contributed by atoms with E-state index in [2.05, 4.69) is 39.8 Å². The van der Waals surface area contributed by atoms with Gasteiger partial charge >= 0.3 is 6.09 Å². The SMILES string of the molecule is CC(C)[C@@H](CCOc1ccccc1)C[C@H](O)[C@H](CC1CCCCC1)NC(=O)C(Cc1c[nH]cn1)NC(=O)[C@@]1(CCNC(=O)[C@H]2CCCN2C(=O)O)C=CC=CC1. The fraction of sp³-hybridized carbons (Fsp3) is 0.605. The molecule has 3 aliphatic rings. The molecular weight excluding hydrogens is 713 g/mol. The number of H-pyrrole nitrogens is 1. The van der Waals surface area contributed by atoms with E-state index >= 15 is 0 Å². The molecule has 4 amide bonds. The monoisotopic (exact) mass is 774 g/mol. The van der Waals surface area contributed by atoms with Crippen molar-refractivity contribution in [2.75, 3.05) is 19.7 Å². The quantitative estimate of drug-likeness (QED) is 0.101. The molecule has 2 heterocycles. The van der Waals surface area contributed by atoms with Gasteiger partial charge < -0.3 is 35.9 Å². The number of carbonyl (C=O) groups excluding carboxylic acids is 3. The average molecular weight is 775 g/mol. The van der Waals surface area contributed by atoms with Gasteiger partial charge in [-0.1, -0.05) is 88.5 Å². The highest BCUT2D eigenvalue weighted by Gasteiger charge is 2.40. The van der Waals surface area contributed by atoms with Crippen molar-refractivity contribution in [1.29, 1.82) is 0 Å². The number of hydrogen-bond donors (Lipinski definition) is 6. The van der Waals surface area contributed by atoms with Gasteiger partial charge in [0.2, 0.25) is 17.7 Å². The standard InChI is InChI=1S/C43H62N6O7/c1-30(2)32(18-24-56-34-15-8-4-9-16-34)26-38(50)35(25-31-13-6-3-7-14-31)47-39(51)36(27-33-28-44-29-46-33)48-41(53)43(19-10-5-11-20-43)21-22-45-40(52)37-17-12-23-49(37)42(54)55/h4-5,8-11,15-16,19,28-32,35-38,50H,3,6-7,12-14,17-18,20-27H2,1-2H3,(H,44,46)(H,45,52)(H,47,51)(H,48,53)(H,54,55)/t32-,35-,36?,37+,38-,43-/m0/s1. The van der Waals surface area contributed by atoms with Gasteiger partial charge in [0.1, 0.15) is 17.8 Å². The number of hydrogen-bond acceptors (Lipinski definition) is 7. The summed E-state index contributed by atoms with van der Waals surface area (Å²) in [6, 6.07) is 7.45. The fourth-order valence-corrected chi connectivity index (χ4v) is 8.47. The second-order valence-electron chi connectivity index (χ2n) is 16.2. The number of aromatic nitrogens is 2. The van der Waals surface area contributed by atoms with Crippen LogP contribution in [0.4, 0.5) is 4.79 Å². The molecule has 1 saturated carbocycles. The van der Waals surface area contributed by atoms with Crippen LogP contribution in [0.3, 0.4) is 0 Å². The number of carboxylic acid groups (broad SMARTS) is 1. The maximum absolute atomic E-state index is 14.4. The van der Waals surface area contributed by atoms with E-state index in [0.29, 0.717) is 56.9 Å². The second kappa shape index (κ2) is 21.0. The van der Waals surface area contributed by atoms with Gasteiger partial charge in [-0.05, 0) is 74.8 Å². The number of aliphatic hydroxyl groups is 1. The van der Waals surface area contributed by atoms with E-state index in [9.17, 15) is 29.4 Å². The van der Waals surface area contributed by atoms with Crippen molar-refractivity contribution in [1.82, 2.24) is 30.8 Å². The predicted molar refractivity (Wildman–Crippen MR) is 214 cm³/mol. The van der Waals surface area contributed by atoms with E-state index < -0.39 is 35.7 Å². The first-order valence-electron chi connectivity index (χ1n) is 20.6. The summed E-state index contributed by atoms with van der Waals surface area (Å²) in [4.78, 5) is 61.8. The van der Waals surface area contributed by atoms with Crippen LogP contribution in [0.25, 0.3) is 0 Å². The predicted octanol–water partition coefficient (Wildman–Crippen LogP) is 5.54. The summed E-state index contributed by atoms with van der Waals surface area (Å²) in [6.45, 7) is 5.29. The maximum Gasteiger partial charge on any atom is 0.407 e. The maximum atomic E-state index is 14.4. The molecule has 5 rings (SSSR count). The lowest BCUT2D eigenvalue weighted by molar-refractivity contribution is -0.134. The van der Waals surface area contributed by atoms with Crippen molar-refractivity contribution < 1.29 is 34.1 Å². The Morgan fingerprint density at radius 3 is 2.50 bits per heavy atom. The normalized spacial score (nSPS) is 21.9. The van der Waals surface area contributed by atoms with Crippen LogP contribution in [0.1, 0.15) is 96.6 Å². The fourth-order valence-electron chi connectivity index (χ4n) is 8.47. The minimum absolute atomic E-state index is 0.137. The third-order valence-corrected chi connectivity index (χ3v) is 11.9. The Balaban J connectivity index is 1.28. The van der Waals surface area contributed by atoms with Crippen molar-refractivity contribution in [2.24, 2.45) is 23.2 Å². The zero-order valence-electron chi connectivity index (χ0n) is 33.0. The van der Waals surface area contributed by atoms with Crippen molar-refractivity contribution >= 4 is 23.8 Å². The molecule has 0 bridgehead atoms. The summed E-state index contributed by atoms with van der Waals surface area (Å²) in [7, 11) is 0. The van der Waals surface area contributed by atoms with E-state index in [1.807, 2.05) is 42.5 Å². The van der Waals surface area contributed by atoms with Crippen molar-refractivity contribution in [3.05, 3.63) is 72.9 Å². The first-order valence-corrected chi connectivity index (χ1v) is 20.6. The number of likely N-dealkylation sites (tertiary alicyclic amines) is 1. The number of imidazole rings is 1. The van der Waals surface area contributed by atoms with E-state index in [-0.39, 0.29) is 48.9 Å². The van der Waals surface area contributed by atoms with Crippen LogP contribution in [0, 0.1) is 23.2 Å². The van der Waals surface area contributed by atoms with Crippen molar-refractivity contribution in [3.63, 3.8) is 0 Å². The first kappa shape index (κ1) is 42.5. The molecule has 56 heavy (non-hydrogen) atoms. The van der Waals surface area contributed by atoms with E-state index in [0.717, 1.165) is 42.8 Å². The second-order valence-corrected chi connectivity index (χ2v) is 16.2. The number of benzene rings is 1. The molecule has 0 radical (unpaired) electrons. The number of allylic oxidation sites excluding steroid dienone is 3. The van der Waals surface area contributed by atoms with Gasteiger partial charge in [0.25, 0.3) is 0 Å². The van der Waals surface area contributed by atoms with Gasteiger partial charge in [0.05, 0.1) is 36.2 Å². The third kappa shape index (κ3) is 12.2. The minimum Gasteiger partial charge on any atom is -0.494 e. The van der Waals surface area contributed by atoms with Crippen LogP contribution in [0.15, 0.2) is 67.2 Å². The van der Waals surface area contributed by atoms with Crippen LogP contribution in [-0.4, -0.2) is 92.8 Å². The van der Waals surface area contributed by atoms with Crippen molar-refractivity contribution in [3.8, 4) is 5.75 Å². The summed E-state index contributed by atoms with van der Waals surface area (Å²) >= 11 is 0. The van der Waals surface area contributed by atoms with Crippen LogP contribution >= 0.6 is 0 Å². The van der Waals surface area contributed by atoms with Gasteiger partial charge in [-0.25, -0.2) is 9.78 Å². The molecule has 1 aromatic carbocycles. The number of nitrogens with one attached hydrogen (secondary N) is 4. The lowest BCUT2D eigenvalue weighted by Gasteiger charge is -2.35.